The van der Waals surface area contributed by atoms with Crippen LogP contribution in [0.1, 0.15) is 0 Å². The molecule has 0 saturated carbocycles. The zero-order valence-corrected chi connectivity index (χ0v) is 53.0. The molecule has 0 N–H and O–H groups in total. The van der Waals surface area contributed by atoms with Crippen LogP contribution in [0.2, 0.25) is 0 Å². The molecule has 4 heteroatoms. The number of halogens is 2. The summed E-state index contributed by atoms with van der Waals surface area (Å²) in [6.07, 6.45) is 0. The van der Waals surface area contributed by atoms with Crippen LogP contribution in [-0.4, -0.2) is 13.4 Å². The first-order valence-electron chi connectivity index (χ1n) is 31.9. The van der Waals surface area contributed by atoms with Gasteiger partial charge in [-0.3, -0.25) is 0 Å². The molecule has 0 spiro atoms. The summed E-state index contributed by atoms with van der Waals surface area (Å²) in [7, 11) is 0. The predicted molar refractivity (Wildman–Crippen MR) is 400 cm³/mol. The summed E-state index contributed by atoms with van der Waals surface area (Å²) in [4.78, 5) is 0. The van der Waals surface area contributed by atoms with Crippen molar-refractivity contribution in [2.24, 2.45) is 0 Å². The predicted octanol–water partition coefficient (Wildman–Crippen LogP) is 20.4. The normalized spacial score (nSPS) is 12.6. The Morgan fingerprint density at radius 2 is 0.467 bits per heavy atom. The highest BCUT2D eigenvalue weighted by atomic mass is 79.9. The minimum atomic E-state index is -0.0114. The van der Waals surface area contributed by atoms with Gasteiger partial charge in [0.05, 0.1) is 0 Å². The Kier molecular flexibility index (Phi) is 11.4. The third kappa shape index (κ3) is 7.54. The van der Waals surface area contributed by atoms with Crippen molar-refractivity contribution in [2.75, 3.05) is 0 Å². The first kappa shape index (κ1) is 52.4. The Morgan fingerprint density at radius 3 is 0.793 bits per heavy atom. The second-order valence-electron chi connectivity index (χ2n) is 25.4. The van der Waals surface area contributed by atoms with Gasteiger partial charge in [-0.1, -0.05) is 307 Å². The topological polar surface area (TPSA) is 0 Å². The Bertz CT molecular complexity index is 5330. The summed E-state index contributed by atoms with van der Waals surface area (Å²) >= 11 is 8.36. The summed E-state index contributed by atoms with van der Waals surface area (Å²) in [6.45, 7) is -0.0228. The SMILES string of the molecule is Brc1cc2c3c(c1)-c1cc(-c4c(-c5ccccc5)cc(-c5ccccc5)cc4-c4ccccc4)c4cc5c6c(cc(-c7c(-c8ccccc8)cc(-c8ccccc8)cc7-c7ccccc7)c7cc(c1c4c76)B3c1ccccc1-2)-c1cc(Br)cc2c1B5c1ccccc1-2. The maximum Gasteiger partial charge on any atom is 0.244 e. The third-order valence-corrected chi connectivity index (χ3v) is 21.6. The molecule has 92 heavy (non-hydrogen) atoms. The van der Waals surface area contributed by atoms with Gasteiger partial charge in [0, 0.05) is 8.95 Å². The van der Waals surface area contributed by atoms with Crippen molar-refractivity contribution >= 4 is 110 Å². The fourth-order valence-corrected chi connectivity index (χ4v) is 18.0. The van der Waals surface area contributed by atoms with Crippen molar-refractivity contribution in [3.63, 3.8) is 0 Å². The van der Waals surface area contributed by atoms with Crippen LogP contribution in [-0.2, 0) is 0 Å². The third-order valence-electron chi connectivity index (χ3n) is 20.7. The van der Waals surface area contributed by atoms with E-state index in [0.29, 0.717) is 0 Å². The number of hydrogen-bond acceptors (Lipinski definition) is 0. The van der Waals surface area contributed by atoms with Crippen LogP contribution in [0.25, 0.3) is 166 Å². The second-order valence-corrected chi connectivity index (χ2v) is 27.3. The summed E-state index contributed by atoms with van der Waals surface area (Å²) < 4.78 is 2.17. The number of benzene rings is 16. The standard InChI is InChI=1S/C88H50B2Br2/c91-59-43-73-61-35-20-22-38-78(61)90-80-50-72-68(82-65(55-31-15-5-16-32-55)41-58(52-25-9-2-10-26-52)42-66(82)56-33-17-6-18-34-56)48-70-76-46-60(92)44-74-62-36-19-21-37-77(62)89(88(74)76)79-49-71-67(47-69(75(45-59)87(73)90)83(80)85(71)86(72)84(70)79)81-63(53-27-11-3-12-28-53)39-57(51-23-7-1-8-24-51)40-64(81)54-29-13-4-14-30-54/h1-50H. The second kappa shape index (κ2) is 20.1. The smallest absolute Gasteiger partial charge is 0.0664 e. The highest BCUT2D eigenvalue weighted by molar-refractivity contribution is 9.10. The quantitative estimate of drug-likeness (QED) is 0.105. The fraction of sp³-hybridized carbons (Fsp3) is 0. The van der Waals surface area contributed by atoms with E-state index in [9.17, 15) is 0 Å². The van der Waals surface area contributed by atoms with E-state index < -0.39 is 0 Å². The Morgan fingerprint density at radius 1 is 0.185 bits per heavy atom. The molecule has 422 valence electrons. The van der Waals surface area contributed by atoms with Gasteiger partial charge in [-0.05, 0) is 227 Å². The van der Waals surface area contributed by atoms with Gasteiger partial charge in [-0.15, -0.1) is 0 Å². The lowest BCUT2D eigenvalue weighted by atomic mass is 9.34. The van der Waals surface area contributed by atoms with E-state index in [-0.39, 0.29) is 13.4 Å². The molecular weight excluding hydrogens is 1240 g/mol. The van der Waals surface area contributed by atoms with E-state index >= 15 is 0 Å². The highest BCUT2D eigenvalue weighted by Gasteiger charge is 2.45. The minimum absolute atomic E-state index is 0.0114. The van der Waals surface area contributed by atoms with Gasteiger partial charge >= 0.3 is 0 Å². The maximum atomic E-state index is 4.18. The van der Waals surface area contributed by atoms with Crippen LogP contribution in [0.3, 0.4) is 0 Å². The molecule has 0 saturated heterocycles. The lowest BCUT2D eigenvalue weighted by Crippen LogP contribution is -2.53. The lowest BCUT2D eigenvalue weighted by molar-refractivity contribution is 1.55. The van der Waals surface area contributed by atoms with Crippen LogP contribution in [0, 0.1) is 0 Å². The molecule has 0 aromatic heterocycles. The van der Waals surface area contributed by atoms with Crippen LogP contribution >= 0.6 is 31.9 Å². The van der Waals surface area contributed by atoms with E-state index in [2.05, 4.69) is 335 Å². The summed E-state index contributed by atoms with van der Waals surface area (Å²) in [5, 5.41) is 7.86. The molecule has 4 heterocycles. The van der Waals surface area contributed by atoms with Gasteiger partial charge < -0.3 is 0 Å². The fourth-order valence-electron chi connectivity index (χ4n) is 17.1. The maximum absolute atomic E-state index is 4.18. The molecule has 16 aromatic carbocycles. The minimum Gasteiger partial charge on any atom is -0.0664 e. The first-order valence-corrected chi connectivity index (χ1v) is 33.5. The average Bonchev–Trinajstić information content (AvgIpc) is 1.20. The van der Waals surface area contributed by atoms with Crippen molar-refractivity contribution in [2.45, 2.75) is 0 Å². The van der Waals surface area contributed by atoms with Crippen LogP contribution in [0.5, 0.6) is 0 Å². The van der Waals surface area contributed by atoms with E-state index in [1.807, 2.05) is 0 Å². The van der Waals surface area contributed by atoms with Crippen molar-refractivity contribution < 1.29 is 0 Å². The van der Waals surface area contributed by atoms with Crippen molar-refractivity contribution in [1.82, 2.24) is 0 Å². The molecule has 0 aliphatic carbocycles. The Balaban J connectivity index is 1.05. The Hall–Kier alpha value is -10.4. The van der Waals surface area contributed by atoms with Crippen LogP contribution in [0.15, 0.2) is 312 Å². The average molecular weight is 1290 g/mol. The molecule has 0 nitrogen and oxygen atoms in total. The van der Waals surface area contributed by atoms with Gasteiger partial charge in [0.2, 0.25) is 13.4 Å². The summed E-state index contributed by atoms with van der Waals surface area (Å²) in [6, 6.07) is 115. The molecule has 0 amide bonds. The van der Waals surface area contributed by atoms with E-state index in [1.54, 1.807) is 0 Å². The van der Waals surface area contributed by atoms with Gasteiger partial charge in [0.1, 0.15) is 0 Å². The van der Waals surface area contributed by atoms with E-state index in [1.165, 1.54) is 199 Å². The zero-order chi connectivity index (χ0) is 60.4. The molecular formula is C88H50B2Br2. The van der Waals surface area contributed by atoms with Gasteiger partial charge in [0.25, 0.3) is 0 Å². The summed E-state index contributed by atoms with van der Waals surface area (Å²) in [5.74, 6) is 0. The molecule has 0 fully saturated rings. The Labute approximate surface area is 551 Å². The van der Waals surface area contributed by atoms with Crippen LogP contribution < -0.4 is 32.8 Å². The molecule has 4 aliphatic heterocycles. The molecule has 0 atom stereocenters. The number of fused-ring (bicyclic) bond motifs is 10. The molecule has 4 aliphatic rings. The van der Waals surface area contributed by atoms with Gasteiger partial charge in [0.15, 0.2) is 0 Å². The zero-order valence-electron chi connectivity index (χ0n) is 49.8. The van der Waals surface area contributed by atoms with Gasteiger partial charge in [-0.2, -0.15) is 0 Å². The van der Waals surface area contributed by atoms with E-state index in [0.717, 1.165) is 8.95 Å². The molecule has 16 aromatic rings. The first-order chi connectivity index (χ1) is 45.5. The van der Waals surface area contributed by atoms with Crippen molar-refractivity contribution in [3.05, 3.63) is 312 Å². The number of rotatable bonds is 8. The molecule has 0 radical (unpaired) electrons. The van der Waals surface area contributed by atoms with Gasteiger partial charge in [-0.25, -0.2) is 0 Å². The van der Waals surface area contributed by atoms with Crippen molar-refractivity contribution in [1.29, 1.82) is 0 Å². The lowest BCUT2D eigenvalue weighted by Gasteiger charge is -2.33. The highest BCUT2D eigenvalue weighted by Crippen LogP contribution is 2.56. The number of hydrogen-bond donors (Lipinski definition) is 0. The summed E-state index contributed by atoms with van der Waals surface area (Å²) in [5.41, 5.74) is 37.7. The van der Waals surface area contributed by atoms with Crippen LogP contribution in [0.4, 0.5) is 0 Å². The molecule has 0 bridgehead atoms. The van der Waals surface area contributed by atoms with Crippen molar-refractivity contribution in [3.8, 4) is 134 Å². The molecule has 0 unspecified atom stereocenters. The van der Waals surface area contributed by atoms with E-state index in [4.69, 9.17) is 0 Å². The monoisotopic (exact) mass is 1290 g/mol. The molecule has 20 rings (SSSR count). The largest absolute Gasteiger partial charge is 0.244 e.